The summed E-state index contributed by atoms with van der Waals surface area (Å²) < 4.78 is 29.7. The van der Waals surface area contributed by atoms with Gasteiger partial charge in [0, 0.05) is 26.4 Å². The first-order valence-corrected chi connectivity index (χ1v) is 14.3. The number of nitrogens with one attached hydrogen (secondary N) is 1. The van der Waals surface area contributed by atoms with E-state index in [1.165, 1.54) is 11.3 Å². The number of aromatic nitrogens is 1. The summed E-state index contributed by atoms with van der Waals surface area (Å²) in [6.45, 7) is 1.61. The molecule has 2 aromatic heterocycles. The van der Waals surface area contributed by atoms with Gasteiger partial charge in [0.05, 0.1) is 35.1 Å². The molecule has 0 radical (unpaired) electrons. The van der Waals surface area contributed by atoms with Crippen molar-refractivity contribution >= 4 is 43.0 Å². The van der Waals surface area contributed by atoms with E-state index in [0.29, 0.717) is 34.7 Å². The molecule has 0 bridgehead atoms. The molecule has 4 aromatic rings. The third kappa shape index (κ3) is 4.90. The van der Waals surface area contributed by atoms with E-state index in [1.54, 1.807) is 31.3 Å². The largest absolute Gasteiger partial charge is 0.384 e. The minimum atomic E-state index is -3.50. The molecule has 2 heterocycles. The quantitative estimate of drug-likeness (QED) is 0.291. The average Bonchev–Trinajstić information content (AvgIpc) is 3.63. The molecule has 1 aliphatic rings. The van der Waals surface area contributed by atoms with Crippen molar-refractivity contribution in [2.24, 2.45) is 0 Å². The van der Waals surface area contributed by atoms with Crippen LogP contribution < -0.4 is 4.72 Å². The van der Waals surface area contributed by atoms with Gasteiger partial charge >= 0.3 is 0 Å². The predicted octanol–water partition coefficient (Wildman–Crippen LogP) is 5.91. The Morgan fingerprint density at radius 1 is 1.22 bits per heavy atom. The second-order valence-corrected chi connectivity index (χ2v) is 12.7. The summed E-state index contributed by atoms with van der Waals surface area (Å²) in [5, 5.41) is 20.9. The summed E-state index contributed by atoms with van der Waals surface area (Å²) in [6.07, 6.45) is 2.92. The number of fused-ring (bicyclic) bond motifs is 1. The lowest BCUT2D eigenvalue weighted by Gasteiger charge is -2.20. The second kappa shape index (κ2) is 9.58. The van der Waals surface area contributed by atoms with E-state index in [9.17, 15) is 13.5 Å². The molecular weight excluding hydrogens is 514 g/mol. The van der Waals surface area contributed by atoms with Gasteiger partial charge in [-0.15, -0.1) is 11.3 Å². The second-order valence-electron chi connectivity index (χ2n) is 9.23. The van der Waals surface area contributed by atoms with Crippen molar-refractivity contribution < 1.29 is 13.5 Å². The van der Waals surface area contributed by atoms with Crippen LogP contribution in [0.15, 0.2) is 66.9 Å². The molecule has 0 saturated heterocycles. The molecule has 0 spiro atoms. The molecular formula is C27H24ClN3O3S2. The third-order valence-corrected chi connectivity index (χ3v) is 9.90. The SMILES string of the molecule is CC(O)(CC#N)c1ccnc(-c2cccc3cc([C@H](NS(=O)(=O)C4CC4)c4ccccc4Cl)sc23)c1. The fourth-order valence-corrected chi connectivity index (χ4v) is 7.32. The minimum absolute atomic E-state index is 0.0372. The molecule has 1 fully saturated rings. The molecule has 2 atom stereocenters. The molecule has 0 amide bonds. The van der Waals surface area contributed by atoms with Crippen molar-refractivity contribution in [1.29, 1.82) is 5.26 Å². The van der Waals surface area contributed by atoms with Gasteiger partial charge in [-0.2, -0.15) is 5.26 Å². The number of aliphatic hydroxyl groups is 1. The van der Waals surface area contributed by atoms with Crippen LogP contribution in [0.1, 0.15) is 48.2 Å². The van der Waals surface area contributed by atoms with E-state index in [2.05, 4.69) is 9.71 Å². The lowest BCUT2D eigenvalue weighted by atomic mass is 9.92. The van der Waals surface area contributed by atoms with Crippen LogP contribution >= 0.6 is 22.9 Å². The summed E-state index contributed by atoms with van der Waals surface area (Å²) in [5.74, 6) is 0. The standard InChI is InChI=1S/C27H24ClN3O3S2/c1-27(32,12-13-29)18-11-14-30-23(16-18)21-7-4-5-17-15-24(35-26(17)21)25(20-6-2-3-8-22(20)28)31-36(33,34)19-9-10-19/h2-8,11,14-16,19,25,31-32H,9-10,12H2,1H3/t25-,27?/m1/s1. The molecule has 0 aliphatic heterocycles. The van der Waals surface area contributed by atoms with E-state index in [1.807, 2.05) is 48.5 Å². The first-order chi connectivity index (χ1) is 17.2. The molecule has 1 unspecified atom stereocenters. The smallest absolute Gasteiger partial charge is 0.215 e. The highest BCUT2D eigenvalue weighted by Crippen LogP contribution is 2.41. The molecule has 36 heavy (non-hydrogen) atoms. The Morgan fingerprint density at radius 2 is 2.00 bits per heavy atom. The summed E-state index contributed by atoms with van der Waals surface area (Å²) >= 11 is 8.00. The number of pyridine rings is 1. The molecule has 5 rings (SSSR count). The first kappa shape index (κ1) is 24.9. The van der Waals surface area contributed by atoms with Crippen molar-refractivity contribution in [2.45, 2.75) is 43.1 Å². The molecule has 1 aliphatic carbocycles. The maximum atomic E-state index is 12.9. The zero-order chi connectivity index (χ0) is 25.5. The van der Waals surface area contributed by atoms with Gasteiger partial charge < -0.3 is 5.11 Å². The first-order valence-electron chi connectivity index (χ1n) is 11.5. The Labute approximate surface area is 219 Å². The van der Waals surface area contributed by atoms with Crippen LogP contribution in [0.5, 0.6) is 0 Å². The van der Waals surface area contributed by atoms with Crippen LogP contribution in [-0.2, 0) is 15.6 Å². The fourth-order valence-electron chi connectivity index (χ4n) is 4.22. The number of halogens is 1. The lowest BCUT2D eigenvalue weighted by Crippen LogP contribution is -2.31. The number of benzene rings is 2. The van der Waals surface area contributed by atoms with E-state index in [4.69, 9.17) is 16.9 Å². The van der Waals surface area contributed by atoms with Crippen LogP contribution in [-0.4, -0.2) is 23.8 Å². The molecule has 2 N–H and O–H groups in total. The normalized spacial score (nSPS) is 16.4. The Morgan fingerprint density at radius 3 is 2.72 bits per heavy atom. The molecule has 184 valence electrons. The maximum absolute atomic E-state index is 12.9. The van der Waals surface area contributed by atoms with Crippen molar-refractivity contribution in [1.82, 2.24) is 9.71 Å². The van der Waals surface area contributed by atoms with E-state index in [0.717, 1.165) is 20.5 Å². The summed E-state index contributed by atoms with van der Waals surface area (Å²) in [4.78, 5) is 5.35. The number of nitrogens with zero attached hydrogens (tertiary/aromatic N) is 2. The van der Waals surface area contributed by atoms with Crippen LogP contribution in [0.3, 0.4) is 0 Å². The lowest BCUT2D eigenvalue weighted by molar-refractivity contribution is 0.0624. The van der Waals surface area contributed by atoms with Gasteiger partial charge in [0.15, 0.2) is 0 Å². The summed E-state index contributed by atoms with van der Waals surface area (Å²) in [5.41, 5.74) is 1.54. The third-order valence-electron chi connectivity index (χ3n) is 6.39. The van der Waals surface area contributed by atoms with Gasteiger partial charge in [-0.05, 0) is 60.5 Å². The highest BCUT2D eigenvalue weighted by molar-refractivity contribution is 7.90. The number of rotatable bonds is 8. The number of thiophene rings is 1. The topological polar surface area (TPSA) is 103 Å². The Hall–Kier alpha value is -2.80. The zero-order valence-corrected chi connectivity index (χ0v) is 21.9. The van der Waals surface area contributed by atoms with Crippen LogP contribution in [0, 0.1) is 11.3 Å². The van der Waals surface area contributed by atoms with Gasteiger partial charge in [0.25, 0.3) is 0 Å². The highest BCUT2D eigenvalue weighted by Gasteiger charge is 2.38. The van der Waals surface area contributed by atoms with Crippen molar-refractivity contribution in [3.8, 4) is 17.3 Å². The van der Waals surface area contributed by atoms with Gasteiger partial charge in [0.2, 0.25) is 10.0 Å². The molecule has 6 nitrogen and oxygen atoms in total. The van der Waals surface area contributed by atoms with Crippen molar-refractivity contribution in [2.75, 3.05) is 0 Å². The van der Waals surface area contributed by atoms with E-state index < -0.39 is 21.7 Å². The van der Waals surface area contributed by atoms with Gasteiger partial charge in [-0.25, -0.2) is 13.1 Å². The zero-order valence-electron chi connectivity index (χ0n) is 19.5. The van der Waals surface area contributed by atoms with Crippen LogP contribution in [0.4, 0.5) is 0 Å². The maximum Gasteiger partial charge on any atom is 0.215 e. The van der Waals surface area contributed by atoms with Crippen molar-refractivity contribution in [3.63, 3.8) is 0 Å². The highest BCUT2D eigenvalue weighted by atomic mass is 35.5. The summed E-state index contributed by atoms with van der Waals surface area (Å²) in [7, 11) is -3.50. The molecule has 1 saturated carbocycles. The average molecular weight is 538 g/mol. The van der Waals surface area contributed by atoms with Gasteiger partial charge in [-0.3, -0.25) is 4.98 Å². The number of nitriles is 1. The minimum Gasteiger partial charge on any atom is -0.384 e. The van der Waals surface area contributed by atoms with Gasteiger partial charge in [0.1, 0.15) is 0 Å². The summed E-state index contributed by atoms with van der Waals surface area (Å²) in [6, 6.07) is 20.0. The van der Waals surface area contributed by atoms with E-state index >= 15 is 0 Å². The van der Waals surface area contributed by atoms with E-state index in [-0.39, 0.29) is 11.7 Å². The predicted molar refractivity (Wildman–Crippen MR) is 143 cm³/mol. The number of sulfonamides is 1. The molecule has 9 heteroatoms. The fraction of sp³-hybridized carbons (Fsp3) is 0.259. The Kier molecular flexibility index (Phi) is 6.62. The van der Waals surface area contributed by atoms with Gasteiger partial charge in [-0.1, -0.05) is 48.0 Å². The number of hydrogen-bond acceptors (Lipinski definition) is 6. The van der Waals surface area contributed by atoms with Crippen molar-refractivity contribution in [3.05, 3.63) is 87.9 Å². The monoisotopic (exact) mass is 537 g/mol. The van der Waals surface area contributed by atoms with Crippen LogP contribution in [0.25, 0.3) is 21.3 Å². The molecule has 2 aromatic carbocycles. The van der Waals surface area contributed by atoms with Crippen LogP contribution in [0.2, 0.25) is 5.02 Å². The Bertz CT molecular complexity index is 1590. The Balaban J connectivity index is 1.61. The number of hydrogen-bond donors (Lipinski definition) is 2.